The maximum Gasteiger partial charge on any atom is 0.123 e. The first-order chi connectivity index (χ1) is 14.6. The number of para-hydroxylation sites is 1. The number of methoxy groups -OCH3 is 1. The first-order valence-corrected chi connectivity index (χ1v) is 12.4. The zero-order valence-electron chi connectivity index (χ0n) is 20.0. The Morgan fingerprint density at radius 2 is 1.67 bits per heavy atom. The monoisotopic (exact) mass is 415 g/mol. The number of nitrogens with zero attached hydrogens (tertiary/aromatic N) is 3. The molecule has 0 spiro atoms. The average Bonchev–Trinajstić information content (AvgIpc) is 2.75. The second kappa shape index (κ2) is 12.1. The third kappa shape index (κ3) is 6.96. The molecule has 0 atom stereocenters. The second-order valence-corrected chi connectivity index (χ2v) is 9.95. The van der Waals surface area contributed by atoms with E-state index in [1.807, 2.05) is 0 Å². The molecule has 0 aromatic heterocycles. The molecule has 0 unspecified atom stereocenters. The summed E-state index contributed by atoms with van der Waals surface area (Å²) in [7, 11) is 1.78. The molecule has 170 valence electrons. The summed E-state index contributed by atoms with van der Waals surface area (Å²) in [4.78, 5) is 8.15. The van der Waals surface area contributed by atoms with Gasteiger partial charge in [-0.1, -0.05) is 39.0 Å². The fourth-order valence-electron chi connectivity index (χ4n) is 5.40. The molecule has 1 aromatic carbocycles. The van der Waals surface area contributed by atoms with Crippen LogP contribution in [0.3, 0.4) is 0 Å². The number of hydrogen-bond acceptors (Lipinski definition) is 4. The zero-order valence-corrected chi connectivity index (χ0v) is 20.0. The van der Waals surface area contributed by atoms with Gasteiger partial charge in [0, 0.05) is 31.2 Å². The number of ether oxygens (including phenoxy) is 1. The molecule has 2 heterocycles. The molecule has 0 aliphatic carbocycles. The van der Waals surface area contributed by atoms with Gasteiger partial charge in [0.25, 0.3) is 0 Å². The SMILES string of the molecule is CCCN1CCC(N(CC(C)C)CC2CCN(Cc3ccccc3OC)CC2)CC1. The molecule has 0 N–H and O–H groups in total. The standard InChI is InChI=1S/C26H45N3O/c1-5-14-27-17-12-25(13-18-27)29(19-22(2)3)20-23-10-15-28(16-11-23)21-24-8-6-7-9-26(24)30-4/h6-9,22-23,25H,5,10-21H2,1-4H3. The van der Waals surface area contributed by atoms with Gasteiger partial charge in [0.1, 0.15) is 5.75 Å². The Labute approximate surface area is 185 Å². The van der Waals surface area contributed by atoms with Crippen molar-refractivity contribution in [1.29, 1.82) is 0 Å². The predicted octanol–water partition coefficient (Wildman–Crippen LogP) is 4.74. The molecule has 0 saturated carbocycles. The lowest BCUT2D eigenvalue weighted by Crippen LogP contribution is -2.48. The number of benzene rings is 1. The van der Waals surface area contributed by atoms with Crippen molar-refractivity contribution in [2.45, 2.75) is 65.5 Å². The van der Waals surface area contributed by atoms with Gasteiger partial charge in [-0.25, -0.2) is 0 Å². The van der Waals surface area contributed by atoms with Gasteiger partial charge >= 0.3 is 0 Å². The van der Waals surface area contributed by atoms with E-state index in [-0.39, 0.29) is 0 Å². The van der Waals surface area contributed by atoms with Crippen LogP contribution in [0.5, 0.6) is 5.75 Å². The van der Waals surface area contributed by atoms with E-state index in [2.05, 4.69) is 59.7 Å². The Morgan fingerprint density at radius 3 is 2.30 bits per heavy atom. The Morgan fingerprint density at radius 1 is 1.00 bits per heavy atom. The van der Waals surface area contributed by atoms with E-state index >= 15 is 0 Å². The fraction of sp³-hybridized carbons (Fsp3) is 0.769. The molecular formula is C26H45N3O. The van der Waals surface area contributed by atoms with Crippen molar-refractivity contribution in [3.63, 3.8) is 0 Å². The fourth-order valence-corrected chi connectivity index (χ4v) is 5.40. The summed E-state index contributed by atoms with van der Waals surface area (Å²) >= 11 is 0. The molecule has 4 nitrogen and oxygen atoms in total. The van der Waals surface area contributed by atoms with Crippen LogP contribution >= 0.6 is 0 Å². The smallest absolute Gasteiger partial charge is 0.123 e. The van der Waals surface area contributed by atoms with Crippen LogP contribution in [-0.2, 0) is 6.54 Å². The molecule has 2 fully saturated rings. The largest absolute Gasteiger partial charge is 0.496 e. The van der Waals surface area contributed by atoms with Gasteiger partial charge in [-0.3, -0.25) is 9.80 Å². The summed E-state index contributed by atoms with van der Waals surface area (Å²) in [5.41, 5.74) is 1.32. The van der Waals surface area contributed by atoms with Crippen LogP contribution in [0.4, 0.5) is 0 Å². The molecule has 2 aliphatic heterocycles. The van der Waals surface area contributed by atoms with Crippen LogP contribution in [0.1, 0.15) is 58.4 Å². The Bertz CT molecular complexity index is 604. The van der Waals surface area contributed by atoms with Gasteiger partial charge in [-0.15, -0.1) is 0 Å². The maximum atomic E-state index is 5.55. The van der Waals surface area contributed by atoms with Crippen molar-refractivity contribution in [2.24, 2.45) is 11.8 Å². The van der Waals surface area contributed by atoms with Crippen LogP contribution in [0, 0.1) is 11.8 Å². The average molecular weight is 416 g/mol. The highest BCUT2D eigenvalue weighted by Gasteiger charge is 2.28. The Balaban J connectivity index is 1.48. The molecular weight excluding hydrogens is 370 g/mol. The zero-order chi connectivity index (χ0) is 21.3. The molecule has 3 rings (SSSR count). The Hall–Kier alpha value is -1.10. The van der Waals surface area contributed by atoms with E-state index in [0.29, 0.717) is 0 Å². The number of hydrogen-bond donors (Lipinski definition) is 0. The van der Waals surface area contributed by atoms with Crippen molar-refractivity contribution >= 4 is 0 Å². The molecule has 4 heteroatoms. The lowest BCUT2D eigenvalue weighted by Gasteiger charge is -2.42. The predicted molar refractivity (Wildman–Crippen MR) is 127 cm³/mol. The van der Waals surface area contributed by atoms with Crippen molar-refractivity contribution in [2.75, 3.05) is 52.9 Å². The summed E-state index contributed by atoms with van der Waals surface area (Å²) in [6.45, 7) is 17.0. The van der Waals surface area contributed by atoms with Gasteiger partial charge in [0.05, 0.1) is 7.11 Å². The highest BCUT2D eigenvalue weighted by atomic mass is 16.5. The minimum Gasteiger partial charge on any atom is -0.496 e. The van der Waals surface area contributed by atoms with Crippen molar-refractivity contribution in [1.82, 2.24) is 14.7 Å². The van der Waals surface area contributed by atoms with Crippen molar-refractivity contribution in [3.8, 4) is 5.75 Å². The first kappa shape index (κ1) is 23.6. The molecule has 0 amide bonds. The third-order valence-corrected chi connectivity index (χ3v) is 7.00. The molecule has 2 aliphatic rings. The lowest BCUT2D eigenvalue weighted by molar-refractivity contribution is 0.0678. The highest BCUT2D eigenvalue weighted by Crippen LogP contribution is 2.26. The first-order valence-electron chi connectivity index (χ1n) is 12.4. The second-order valence-electron chi connectivity index (χ2n) is 9.95. The van der Waals surface area contributed by atoms with Crippen LogP contribution in [0.15, 0.2) is 24.3 Å². The van der Waals surface area contributed by atoms with Crippen LogP contribution in [0.25, 0.3) is 0 Å². The number of rotatable bonds is 10. The molecule has 2 saturated heterocycles. The summed E-state index contributed by atoms with van der Waals surface area (Å²) < 4.78 is 5.55. The van der Waals surface area contributed by atoms with Gasteiger partial charge < -0.3 is 9.64 Å². The summed E-state index contributed by atoms with van der Waals surface area (Å²) in [5.74, 6) is 2.63. The number of piperidine rings is 2. The van der Waals surface area contributed by atoms with Crippen molar-refractivity contribution < 1.29 is 4.74 Å². The topological polar surface area (TPSA) is 19.0 Å². The summed E-state index contributed by atoms with van der Waals surface area (Å²) in [5, 5.41) is 0. The van der Waals surface area contributed by atoms with Gasteiger partial charge in [-0.2, -0.15) is 0 Å². The normalized spacial score (nSPS) is 20.3. The van der Waals surface area contributed by atoms with E-state index in [9.17, 15) is 0 Å². The van der Waals surface area contributed by atoms with Crippen LogP contribution in [0.2, 0.25) is 0 Å². The van der Waals surface area contributed by atoms with E-state index in [1.54, 1.807) is 7.11 Å². The van der Waals surface area contributed by atoms with Gasteiger partial charge in [0.15, 0.2) is 0 Å². The quantitative estimate of drug-likeness (QED) is 0.549. The molecule has 30 heavy (non-hydrogen) atoms. The van der Waals surface area contributed by atoms with E-state index in [4.69, 9.17) is 4.74 Å². The van der Waals surface area contributed by atoms with Crippen molar-refractivity contribution in [3.05, 3.63) is 29.8 Å². The van der Waals surface area contributed by atoms with E-state index < -0.39 is 0 Å². The minimum atomic E-state index is 0.754. The molecule has 0 bridgehead atoms. The number of likely N-dealkylation sites (tertiary alicyclic amines) is 2. The summed E-state index contributed by atoms with van der Waals surface area (Å²) in [6.07, 6.45) is 6.67. The Kier molecular flexibility index (Phi) is 9.48. The third-order valence-electron chi connectivity index (χ3n) is 7.00. The van der Waals surface area contributed by atoms with E-state index in [0.717, 1.165) is 30.2 Å². The van der Waals surface area contributed by atoms with Crippen LogP contribution < -0.4 is 4.74 Å². The van der Waals surface area contributed by atoms with Gasteiger partial charge in [0.2, 0.25) is 0 Å². The van der Waals surface area contributed by atoms with E-state index in [1.165, 1.54) is 83.5 Å². The highest BCUT2D eigenvalue weighted by molar-refractivity contribution is 5.33. The molecule has 1 aromatic rings. The maximum absolute atomic E-state index is 5.55. The summed E-state index contributed by atoms with van der Waals surface area (Å²) in [6, 6.07) is 9.27. The van der Waals surface area contributed by atoms with Crippen LogP contribution in [-0.4, -0.2) is 73.7 Å². The minimum absolute atomic E-state index is 0.754. The molecule has 0 radical (unpaired) electrons. The lowest BCUT2D eigenvalue weighted by atomic mass is 9.93. The van der Waals surface area contributed by atoms with Gasteiger partial charge in [-0.05, 0) is 82.7 Å².